The summed E-state index contributed by atoms with van der Waals surface area (Å²) in [6, 6.07) is 7.08. The molecule has 1 atom stereocenters. The molecule has 0 spiro atoms. The molecule has 0 aliphatic rings. The molecule has 0 aromatic heterocycles. The minimum atomic E-state index is -0.248. The summed E-state index contributed by atoms with van der Waals surface area (Å²) >= 11 is 0. The third kappa shape index (κ3) is 5.95. The van der Waals surface area contributed by atoms with Gasteiger partial charge in [0.15, 0.2) is 0 Å². The average molecular weight is 291 g/mol. The van der Waals surface area contributed by atoms with Crippen molar-refractivity contribution in [1.82, 2.24) is 16.0 Å². The van der Waals surface area contributed by atoms with Gasteiger partial charge in [0, 0.05) is 25.7 Å². The van der Waals surface area contributed by atoms with Crippen LogP contribution in [0, 0.1) is 5.92 Å². The lowest BCUT2D eigenvalue weighted by molar-refractivity contribution is -0.122. The molecule has 5 heteroatoms. The lowest BCUT2D eigenvalue weighted by atomic mass is 10.1. The lowest BCUT2D eigenvalue weighted by Gasteiger charge is -2.15. The van der Waals surface area contributed by atoms with Gasteiger partial charge in [-0.1, -0.05) is 26.0 Å². The standard InChI is InChI=1S/C16H25N3O2/c1-11(2)9-19-15(20)12(3)18-10-13-5-7-14(8-6-13)16(21)17-4/h5-8,11-12,18H,9-10H2,1-4H3,(H,17,21)(H,19,20). The van der Waals surface area contributed by atoms with Crippen LogP contribution < -0.4 is 16.0 Å². The molecule has 5 nitrogen and oxygen atoms in total. The highest BCUT2D eigenvalue weighted by Gasteiger charge is 2.12. The molecule has 0 bridgehead atoms. The summed E-state index contributed by atoms with van der Waals surface area (Å²) in [6.45, 7) is 7.24. The Morgan fingerprint density at radius 2 is 1.71 bits per heavy atom. The van der Waals surface area contributed by atoms with Gasteiger partial charge >= 0.3 is 0 Å². The fraction of sp³-hybridized carbons (Fsp3) is 0.500. The molecule has 3 N–H and O–H groups in total. The second kappa shape index (κ2) is 8.42. The first-order chi connectivity index (χ1) is 9.93. The molecule has 21 heavy (non-hydrogen) atoms. The van der Waals surface area contributed by atoms with E-state index in [1.54, 1.807) is 19.2 Å². The van der Waals surface area contributed by atoms with Crippen LogP contribution in [0.5, 0.6) is 0 Å². The number of hydrogen-bond donors (Lipinski definition) is 3. The van der Waals surface area contributed by atoms with Gasteiger partial charge < -0.3 is 16.0 Å². The van der Waals surface area contributed by atoms with Gasteiger partial charge in [-0.05, 0) is 30.5 Å². The van der Waals surface area contributed by atoms with E-state index in [-0.39, 0.29) is 17.9 Å². The van der Waals surface area contributed by atoms with Crippen molar-refractivity contribution in [3.63, 3.8) is 0 Å². The summed E-state index contributed by atoms with van der Waals surface area (Å²) in [5, 5.41) is 8.65. The highest BCUT2D eigenvalue weighted by atomic mass is 16.2. The third-order valence-electron chi connectivity index (χ3n) is 3.13. The van der Waals surface area contributed by atoms with E-state index in [9.17, 15) is 9.59 Å². The van der Waals surface area contributed by atoms with E-state index in [0.29, 0.717) is 24.6 Å². The second-order valence-electron chi connectivity index (χ2n) is 5.52. The van der Waals surface area contributed by atoms with Gasteiger partial charge in [-0.25, -0.2) is 0 Å². The number of carbonyl (C=O) groups is 2. The van der Waals surface area contributed by atoms with Crippen molar-refractivity contribution in [2.45, 2.75) is 33.4 Å². The monoisotopic (exact) mass is 291 g/mol. The maximum absolute atomic E-state index is 11.8. The Morgan fingerprint density at radius 1 is 1.10 bits per heavy atom. The van der Waals surface area contributed by atoms with Crippen LogP contribution in [-0.4, -0.2) is 31.4 Å². The smallest absolute Gasteiger partial charge is 0.251 e. The van der Waals surface area contributed by atoms with Gasteiger partial charge in [0.2, 0.25) is 5.91 Å². The molecule has 0 aliphatic carbocycles. The zero-order valence-electron chi connectivity index (χ0n) is 13.2. The molecule has 0 fully saturated rings. The first-order valence-corrected chi connectivity index (χ1v) is 7.26. The molecular formula is C16H25N3O2. The maximum atomic E-state index is 11.8. The Hall–Kier alpha value is -1.88. The predicted octanol–water partition coefficient (Wildman–Crippen LogP) is 1.30. The van der Waals surface area contributed by atoms with Gasteiger partial charge in [0.1, 0.15) is 0 Å². The molecule has 1 aromatic carbocycles. The van der Waals surface area contributed by atoms with Crippen LogP contribution in [0.1, 0.15) is 36.7 Å². The van der Waals surface area contributed by atoms with Crippen LogP contribution in [0.25, 0.3) is 0 Å². The first-order valence-electron chi connectivity index (χ1n) is 7.26. The highest BCUT2D eigenvalue weighted by molar-refractivity contribution is 5.93. The van der Waals surface area contributed by atoms with Crippen molar-refractivity contribution in [1.29, 1.82) is 0 Å². The molecule has 0 saturated carbocycles. The Bertz CT molecular complexity index is 469. The van der Waals surface area contributed by atoms with Gasteiger partial charge in [-0.2, -0.15) is 0 Å². The zero-order valence-corrected chi connectivity index (χ0v) is 13.2. The largest absolute Gasteiger partial charge is 0.355 e. The fourth-order valence-electron chi connectivity index (χ4n) is 1.74. The van der Waals surface area contributed by atoms with E-state index < -0.39 is 0 Å². The molecule has 2 amide bonds. The molecule has 0 heterocycles. The summed E-state index contributed by atoms with van der Waals surface area (Å²) in [7, 11) is 1.61. The predicted molar refractivity (Wildman–Crippen MR) is 84.0 cm³/mol. The number of benzene rings is 1. The molecule has 0 radical (unpaired) electrons. The van der Waals surface area contributed by atoms with Crippen LogP contribution in [0.15, 0.2) is 24.3 Å². The van der Waals surface area contributed by atoms with Crippen LogP contribution in [0.2, 0.25) is 0 Å². The Morgan fingerprint density at radius 3 is 2.24 bits per heavy atom. The topological polar surface area (TPSA) is 70.2 Å². The molecule has 1 rings (SSSR count). The van der Waals surface area contributed by atoms with E-state index >= 15 is 0 Å². The number of carbonyl (C=O) groups excluding carboxylic acids is 2. The van der Waals surface area contributed by atoms with Crippen molar-refractivity contribution in [2.24, 2.45) is 5.92 Å². The van der Waals surface area contributed by atoms with E-state index in [1.807, 2.05) is 19.1 Å². The zero-order chi connectivity index (χ0) is 15.8. The second-order valence-corrected chi connectivity index (χ2v) is 5.52. The van der Waals surface area contributed by atoms with Crippen LogP contribution in [0.3, 0.4) is 0 Å². The number of hydrogen-bond acceptors (Lipinski definition) is 3. The quantitative estimate of drug-likeness (QED) is 0.709. The van der Waals surface area contributed by atoms with Gasteiger partial charge in [0.25, 0.3) is 5.91 Å². The van der Waals surface area contributed by atoms with E-state index in [0.717, 1.165) is 5.56 Å². The van der Waals surface area contributed by atoms with Crippen molar-refractivity contribution in [3.05, 3.63) is 35.4 Å². The van der Waals surface area contributed by atoms with Crippen molar-refractivity contribution in [3.8, 4) is 0 Å². The van der Waals surface area contributed by atoms with Gasteiger partial charge in [-0.15, -0.1) is 0 Å². The van der Waals surface area contributed by atoms with Crippen molar-refractivity contribution >= 4 is 11.8 Å². The molecule has 116 valence electrons. The lowest BCUT2D eigenvalue weighted by Crippen LogP contribution is -2.42. The van der Waals surface area contributed by atoms with Crippen LogP contribution in [-0.2, 0) is 11.3 Å². The number of rotatable bonds is 7. The number of amides is 2. The fourth-order valence-corrected chi connectivity index (χ4v) is 1.74. The van der Waals surface area contributed by atoms with Gasteiger partial charge in [-0.3, -0.25) is 9.59 Å². The Labute approximate surface area is 126 Å². The summed E-state index contributed by atoms with van der Waals surface area (Å²) in [6.07, 6.45) is 0. The molecule has 0 saturated heterocycles. The van der Waals surface area contributed by atoms with Crippen LogP contribution >= 0.6 is 0 Å². The SMILES string of the molecule is CNC(=O)c1ccc(CNC(C)C(=O)NCC(C)C)cc1. The minimum Gasteiger partial charge on any atom is -0.355 e. The summed E-state index contributed by atoms with van der Waals surface area (Å²) < 4.78 is 0. The van der Waals surface area contributed by atoms with Crippen molar-refractivity contribution in [2.75, 3.05) is 13.6 Å². The van der Waals surface area contributed by atoms with Crippen LogP contribution in [0.4, 0.5) is 0 Å². The normalized spacial score (nSPS) is 12.0. The summed E-state index contributed by atoms with van der Waals surface area (Å²) in [5.74, 6) is 0.347. The molecule has 1 aromatic rings. The summed E-state index contributed by atoms with van der Waals surface area (Å²) in [4.78, 5) is 23.3. The van der Waals surface area contributed by atoms with E-state index in [2.05, 4.69) is 29.8 Å². The minimum absolute atomic E-state index is 0.00526. The third-order valence-corrected chi connectivity index (χ3v) is 3.13. The molecule has 1 unspecified atom stereocenters. The van der Waals surface area contributed by atoms with E-state index in [1.165, 1.54) is 0 Å². The summed E-state index contributed by atoms with van der Waals surface area (Å²) in [5.41, 5.74) is 1.66. The van der Waals surface area contributed by atoms with Gasteiger partial charge in [0.05, 0.1) is 6.04 Å². The Kier molecular flexibility index (Phi) is 6.88. The average Bonchev–Trinajstić information content (AvgIpc) is 2.49. The molecular weight excluding hydrogens is 266 g/mol. The molecule has 0 aliphatic heterocycles. The first kappa shape index (κ1) is 17.2. The highest BCUT2D eigenvalue weighted by Crippen LogP contribution is 2.04. The van der Waals surface area contributed by atoms with Crippen molar-refractivity contribution < 1.29 is 9.59 Å². The van der Waals surface area contributed by atoms with E-state index in [4.69, 9.17) is 0 Å². The Balaban J connectivity index is 2.44. The maximum Gasteiger partial charge on any atom is 0.251 e. The number of nitrogens with one attached hydrogen (secondary N) is 3.